The van der Waals surface area contributed by atoms with Gasteiger partial charge in [0.15, 0.2) is 10.1 Å². The van der Waals surface area contributed by atoms with Crippen LogP contribution in [0.1, 0.15) is 31.1 Å². The number of hydrogen-bond acceptors (Lipinski definition) is 8. The van der Waals surface area contributed by atoms with Gasteiger partial charge in [-0.1, -0.05) is 47.4 Å². The van der Waals surface area contributed by atoms with Gasteiger partial charge in [0.1, 0.15) is 5.75 Å². The molecule has 2 N–H and O–H groups in total. The second-order valence-corrected chi connectivity index (χ2v) is 8.88. The molecule has 0 aliphatic rings. The van der Waals surface area contributed by atoms with Crippen LogP contribution in [0.15, 0.2) is 52.9 Å². The molecule has 0 radical (unpaired) electrons. The zero-order valence-corrected chi connectivity index (χ0v) is 18.5. The molecule has 3 aromatic rings. The van der Waals surface area contributed by atoms with E-state index in [2.05, 4.69) is 20.8 Å². The molecule has 0 aliphatic heterocycles. The molecule has 2 aromatic carbocycles. The van der Waals surface area contributed by atoms with Crippen LogP contribution in [0, 0.1) is 0 Å². The molecule has 3 rings (SSSR count). The Balaban J connectivity index is 1.60. The van der Waals surface area contributed by atoms with Crippen molar-refractivity contribution in [2.75, 3.05) is 17.2 Å². The second-order valence-electron chi connectivity index (χ2n) is 6.31. The van der Waals surface area contributed by atoms with Crippen molar-refractivity contribution in [3.8, 4) is 5.75 Å². The zero-order valence-electron chi connectivity index (χ0n) is 16.8. The molecule has 1 heterocycles. The number of ketones is 1. The minimum Gasteiger partial charge on any atom is -0.492 e. The van der Waals surface area contributed by atoms with Crippen LogP contribution in [-0.4, -0.2) is 33.7 Å². The Morgan fingerprint density at radius 3 is 2.73 bits per heavy atom. The largest absolute Gasteiger partial charge is 0.492 e. The number of carbonyl (C=O) groups excluding carboxylic acids is 2. The highest BCUT2D eigenvalue weighted by Crippen LogP contribution is 2.33. The average molecular weight is 443 g/mol. The number of rotatable bonds is 9. The van der Waals surface area contributed by atoms with Crippen LogP contribution in [0.4, 0.5) is 16.5 Å². The first kappa shape index (κ1) is 21.8. The Kier molecular flexibility index (Phi) is 7.42. The first-order valence-electron chi connectivity index (χ1n) is 9.37. The predicted octanol–water partition coefficient (Wildman–Crippen LogP) is 5.00. The SMILES string of the molecule is CCOc1ccccc1Nc1nnc(SC(C)C(=O)Nc2cccc(C(C)=O)c2)s1. The maximum atomic E-state index is 12.5. The predicted molar refractivity (Wildman–Crippen MR) is 121 cm³/mol. The standard InChI is InChI=1S/C21H22N4O3S2/c1-4-28-18-11-6-5-10-17(18)23-20-24-25-21(30-20)29-14(3)19(27)22-16-9-7-8-15(12-16)13(2)26/h5-12,14H,4H2,1-3H3,(H,22,27)(H,23,24). The molecule has 9 heteroatoms. The summed E-state index contributed by atoms with van der Waals surface area (Å²) in [5, 5.41) is 14.6. The van der Waals surface area contributed by atoms with E-state index in [4.69, 9.17) is 4.74 Å². The van der Waals surface area contributed by atoms with Gasteiger partial charge in [-0.3, -0.25) is 9.59 Å². The smallest absolute Gasteiger partial charge is 0.237 e. The summed E-state index contributed by atoms with van der Waals surface area (Å²) in [6.45, 7) is 5.79. The fourth-order valence-electron chi connectivity index (χ4n) is 2.54. The Hall–Kier alpha value is -2.91. The number of nitrogens with zero attached hydrogens (tertiary/aromatic N) is 2. The highest BCUT2D eigenvalue weighted by Gasteiger charge is 2.18. The monoisotopic (exact) mass is 442 g/mol. The van der Waals surface area contributed by atoms with Crippen LogP contribution in [0.25, 0.3) is 0 Å². The minimum atomic E-state index is -0.387. The maximum absolute atomic E-state index is 12.5. The van der Waals surface area contributed by atoms with E-state index < -0.39 is 0 Å². The van der Waals surface area contributed by atoms with Crippen LogP contribution in [0.5, 0.6) is 5.75 Å². The molecule has 1 amide bonds. The van der Waals surface area contributed by atoms with Crippen LogP contribution in [0.3, 0.4) is 0 Å². The molecular weight excluding hydrogens is 420 g/mol. The summed E-state index contributed by atoms with van der Waals surface area (Å²) in [6, 6.07) is 14.5. The van der Waals surface area contributed by atoms with Crippen molar-refractivity contribution in [1.29, 1.82) is 0 Å². The number of benzene rings is 2. The van der Waals surface area contributed by atoms with Crippen molar-refractivity contribution in [2.24, 2.45) is 0 Å². The summed E-state index contributed by atoms with van der Waals surface area (Å²) in [5.41, 5.74) is 1.95. The van der Waals surface area contributed by atoms with Crippen LogP contribution >= 0.6 is 23.1 Å². The van der Waals surface area contributed by atoms with E-state index in [1.807, 2.05) is 31.2 Å². The molecule has 1 aromatic heterocycles. The Morgan fingerprint density at radius 1 is 1.17 bits per heavy atom. The van der Waals surface area contributed by atoms with Crippen LogP contribution < -0.4 is 15.4 Å². The Labute approximate surface area is 183 Å². The van der Waals surface area contributed by atoms with Gasteiger partial charge in [0.25, 0.3) is 0 Å². The molecule has 0 aliphatic carbocycles. The Bertz CT molecular complexity index is 1040. The first-order valence-corrected chi connectivity index (χ1v) is 11.1. The average Bonchev–Trinajstić information content (AvgIpc) is 3.16. The number of anilines is 3. The molecule has 156 valence electrons. The summed E-state index contributed by atoms with van der Waals surface area (Å²) in [4.78, 5) is 24.0. The third kappa shape index (κ3) is 5.80. The minimum absolute atomic E-state index is 0.0478. The number of amides is 1. The number of aromatic nitrogens is 2. The van der Waals surface area contributed by atoms with Crippen molar-refractivity contribution < 1.29 is 14.3 Å². The quantitative estimate of drug-likeness (QED) is 0.356. The lowest BCUT2D eigenvalue weighted by Gasteiger charge is -2.11. The van der Waals surface area contributed by atoms with Gasteiger partial charge < -0.3 is 15.4 Å². The van der Waals surface area contributed by atoms with Gasteiger partial charge in [-0.25, -0.2) is 0 Å². The van der Waals surface area contributed by atoms with Crippen LogP contribution in [0.2, 0.25) is 0 Å². The topological polar surface area (TPSA) is 93.2 Å². The summed E-state index contributed by atoms with van der Waals surface area (Å²) >= 11 is 2.68. The summed E-state index contributed by atoms with van der Waals surface area (Å²) in [5.74, 6) is 0.519. The van der Waals surface area contributed by atoms with E-state index in [1.54, 1.807) is 31.2 Å². The molecule has 1 unspecified atom stereocenters. The summed E-state index contributed by atoms with van der Waals surface area (Å²) < 4.78 is 6.28. The third-order valence-electron chi connectivity index (χ3n) is 4.02. The maximum Gasteiger partial charge on any atom is 0.237 e. The molecule has 0 bridgehead atoms. The molecule has 0 spiro atoms. The number of hydrogen-bond donors (Lipinski definition) is 2. The van der Waals surface area contributed by atoms with Crippen molar-refractivity contribution in [2.45, 2.75) is 30.4 Å². The van der Waals surface area contributed by atoms with Gasteiger partial charge in [0.2, 0.25) is 11.0 Å². The number of thioether (sulfide) groups is 1. The normalized spacial score (nSPS) is 11.6. The van der Waals surface area contributed by atoms with E-state index in [1.165, 1.54) is 30.0 Å². The van der Waals surface area contributed by atoms with E-state index in [9.17, 15) is 9.59 Å². The number of para-hydroxylation sites is 2. The second kappa shape index (κ2) is 10.2. The van der Waals surface area contributed by atoms with Crippen molar-refractivity contribution in [1.82, 2.24) is 10.2 Å². The molecule has 30 heavy (non-hydrogen) atoms. The number of ether oxygens (including phenoxy) is 1. The Morgan fingerprint density at radius 2 is 1.97 bits per heavy atom. The molecule has 0 saturated heterocycles. The van der Waals surface area contributed by atoms with E-state index in [0.717, 1.165) is 11.4 Å². The van der Waals surface area contributed by atoms with Gasteiger partial charge in [0, 0.05) is 11.3 Å². The lowest BCUT2D eigenvalue weighted by Crippen LogP contribution is -2.22. The molecular formula is C21H22N4O3S2. The highest BCUT2D eigenvalue weighted by atomic mass is 32.2. The number of Topliss-reactive ketones (excluding diaryl/α,β-unsaturated/α-hetero) is 1. The van der Waals surface area contributed by atoms with Crippen molar-refractivity contribution in [3.05, 3.63) is 54.1 Å². The highest BCUT2D eigenvalue weighted by molar-refractivity contribution is 8.02. The van der Waals surface area contributed by atoms with Gasteiger partial charge in [0.05, 0.1) is 17.5 Å². The van der Waals surface area contributed by atoms with Gasteiger partial charge in [-0.15, -0.1) is 10.2 Å². The number of carbonyl (C=O) groups is 2. The van der Waals surface area contributed by atoms with E-state index in [-0.39, 0.29) is 16.9 Å². The van der Waals surface area contributed by atoms with E-state index in [0.29, 0.717) is 27.3 Å². The summed E-state index contributed by atoms with van der Waals surface area (Å²) in [7, 11) is 0. The number of nitrogens with one attached hydrogen (secondary N) is 2. The van der Waals surface area contributed by atoms with Gasteiger partial charge in [-0.05, 0) is 45.0 Å². The van der Waals surface area contributed by atoms with Crippen molar-refractivity contribution >= 4 is 51.3 Å². The van der Waals surface area contributed by atoms with Crippen LogP contribution in [-0.2, 0) is 4.79 Å². The van der Waals surface area contributed by atoms with Gasteiger partial charge in [-0.2, -0.15) is 0 Å². The van der Waals surface area contributed by atoms with Crippen molar-refractivity contribution in [3.63, 3.8) is 0 Å². The molecule has 7 nitrogen and oxygen atoms in total. The van der Waals surface area contributed by atoms with Gasteiger partial charge >= 0.3 is 0 Å². The fourth-order valence-corrected chi connectivity index (χ4v) is 4.45. The molecule has 0 fully saturated rings. The van der Waals surface area contributed by atoms with E-state index >= 15 is 0 Å². The summed E-state index contributed by atoms with van der Waals surface area (Å²) in [6.07, 6.45) is 0. The first-order chi connectivity index (χ1) is 14.5. The lowest BCUT2D eigenvalue weighted by atomic mass is 10.1. The zero-order chi connectivity index (χ0) is 21.5. The third-order valence-corrected chi connectivity index (χ3v) is 6.04. The molecule has 1 atom stereocenters. The fraction of sp³-hybridized carbons (Fsp3) is 0.238. The molecule has 0 saturated carbocycles. The lowest BCUT2D eigenvalue weighted by molar-refractivity contribution is -0.115.